The molecule has 0 spiro atoms. The maximum Gasteiger partial charge on any atom is 0.184 e. The van der Waals surface area contributed by atoms with Gasteiger partial charge in [0.05, 0.1) is 6.04 Å². The third-order valence-electron chi connectivity index (χ3n) is 3.54. The zero-order valence-electron chi connectivity index (χ0n) is 9.87. The van der Waals surface area contributed by atoms with Crippen LogP contribution in [-0.4, -0.2) is 25.0 Å². The molecule has 0 aromatic carbocycles. The highest BCUT2D eigenvalue weighted by Gasteiger charge is 2.23. The fourth-order valence-corrected chi connectivity index (χ4v) is 2.65. The van der Waals surface area contributed by atoms with E-state index in [2.05, 4.69) is 27.2 Å². The monoisotopic (exact) mass is 232 g/mol. The van der Waals surface area contributed by atoms with Gasteiger partial charge in [0.1, 0.15) is 6.33 Å². The predicted octanol–water partition coefficient (Wildman–Crippen LogP) is 1.55. The summed E-state index contributed by atoms with van der Waals surface area (Å²) in [5, 5.41) is 8.28. The summed E-state index contributed by atoms with van der Waals surface area (Å²) in [5.41, 5.74) is 7.14. The molecular formula is C11H16N6. The third-order valence-corrected chi connectivity index (χ3v) is 3.54. The van der Waals surface area contributed by atoms with Crippen molar-refractivity contribution in [3.8, 4) is 0 Å². The van der Waals surface area contributed by atoms with E-state index in [4.69, 9.17) is 5.73 Å². The average molecular weight is 232 g/mol. The van der Waals surface area contributed by atoms with Crippen molar-refractivity contribution in [2.24, 2.45) is 5.92 Å². The van der Waals surface area contributed by atoms with E-state index in [0.717, 1.165) is 24.4 Å². The number of nitrogens with zero attached hydrogens (tertiary/aromatic N) is 5. The molecule has 0 bridgehead atoms. The molecule has 0 amide bonds. The molecule has 2 atom stereocenters. The summed E-state index contributed by atoms with van der Waals surface area (Å²) in [6.45, 7) is 2.29. The van der Waals surface area contributed by atoms with Gasteiger partial charge in [-0.2, -0.15) is 0 Å². The quantitative estimate of drug-likeness (QED) is 0.806. The highest BCUT2D eigenvalue weighted by Crippen LogP contribution is 2.33. The Labute approximate surface area is 99.2 Å². The maximum absolute atomic E-state index is 5.76. The van der Waals surface area contributed by atoms with E-state index in [0.29, 0.717) is 17.4 Å². The van der Waals surface area contributed by atoms with Crippen LogP contribution in [-0.2, 0) is 0 Å². The van der Waals surface area contributed by atoms with E-state index < -0.39 is 0 Å². The smallest absolute Gasteiger partial charge is 0.184 e. The zero-order chi connectivity index (χ0) is 11.8. The molecule has 6 heteroatoms. The summed E-state index contributed by atoms with van der Waals surface area (Å²) in [6.07, 6.45) is 6.31. The number of aromatic nitrogens is 5. The van der Waals surface area contributed by atoms with Gasteiger partial charge in [-0.15, -0.1) is 5.10 Å². The number of anilines is 1. The summed E-state index contributed by atoms with van der Waals surface area (Å²) in [5.74, 6) is 1.15. The molecule has 17 heavy (non-hydrogen) atoms. The lowest BCUT2D eigenvalue weighted by atomic mass is 9.87. The Kier molecular flexibility index (Phi) is 2.42. The van der Waals surface area contributed by atoms with Crippen molar-refractivity contribution in [1.29, 1.82) is 0 Å². The molecule has 0 unspecified atom stereocenters. The van der Waals surface area contributed by atoms with Crippen LogP contribution in [0.25, 0.3) is 11.2 Å². The van der Waals surface area contributed by atoms with Gasteiger partial charge >= 0.3 is 0 Å². The number of hydrogen-bond acceptors (Lipinski definition) is 5. The summed E-state index contributed by atoms with van der Waals surface area (Å²) < 4.78 is 1.92. The minimum atomic E-state index is 0.401. The second-order valence-corrected chi connectivity index (χ2v) is 4.89. The molecule has 3 rings (SSSR count). The Morgan fingerprint density at radius 3 is 3.06 bits per heavy atom. The molecule has 2 aromatic heterocycles. The minimum absolute atomic E-state index is 0.401. The number of nitrogen functional groups attached to an aromatic ring is 1. The van der Waals surface area contributed by atoms with Crippen LogP contribution >= 0.6 is 0 Å². The summed E-state index contributed by atoms with van der Waals surface area (Å²) in [6, 6.07) is 0.401. The maximum atomic E-state index is 5.76. The molecule has 2 heterocycles. The SMILES string of the molecule is C[C@@H]1CCC[C@H](n2nnc3c(N)ncnc32)C1. The fraction of sp³-hybridized carbons (Fsp3) is 0.636. The molecule has 90 valence electrons. The summed E-state index contributed by atoms with van der Waals surface area (Å²) in [7, 11) is 0. The molecule has 1 aliphatic rings. The van der Waals surface area contributed by atoms with Crippen molar-refractivity contribution < 1.29 is 0 Å². The van der Waals surface area contributed by atoms with E-state index in [1.165, 1.54) is 19.2 Å². The first kappa shape index (κ1) is 10.4. The Morgan fingerprint density at radius 2 is 2.24 bits per heavy atom. The first-order chi connectivity index (χ1) is 8.25. The lowest BCUT2D eigenvalue weighted by molar-refractivity contribution is 0.267. The number of fused-ring (bicyclic) bond motifs is 1. The van der Waals surface area contributed by atoms with Gasteiger partial charge in [-0.25, -0.2) is 14.6 Å². The Hall–Kier alpha value is -1.72. The van der Waals surface area contributed by atoms with E-state index >= 15 is 0 Å². The standard InChI is InChI=1S/C11H16N6/c1-7-3-2-4-8(5-7)17-11-9(15-16-17)10(12)13-6-14-11/h6-8H,2-5H2,1H3,(H2,12,13,14)/t7-,8+/m1/s1. The van der Waals surface area contributed by atoms with Crippen molar-refractivity contribution in [3.05, 3.63) is 6.33 Å². The fourth-order valence-electron chi connectivity index (χ4n) is 2.65. The molecule has 6 nitrogen and oxygen atoms in total. The van der Waals surface area contributed by atoms with Crippen LogP contribution in [0.5, 0.6) is 0 Å². The van der Waals surface area contributed by atoms with Gasteiger partial charge in [0.25, 0.3) is 0 Å². The molecule has 1 aliphatic carbocycles. The minimum Gasteiger partial charge on any atom is -0.382 e. The summed E-state index contributed by atoms with van der Waals surface area (Å²) in [4.78, 5) is 8.18. The van der Waals surface area contributed by atoms with Crippen LogP contribution in [0.1, 0.15) is 38.6 Å². The third kappa shape index (κ3) is 1.73. The van der Waals surface area contributed by atoms with Crippen LogP contribution in [0.2, 0.25) is 0 Å². The molecule has 0 aliphatic heterocycles. The molecule has 1 saturated carbocycles. The van der Waals surface area contributed by atoms with Crippen molar-refractivity contribution >= 4 is 17.0 Å². The van der Waals surface area contributed by atoms with Crippen molar-refractivity contribution in [2.75, 3.05) is 5.73 Å². The Bertz CT molecular complexity index is 534. The second kappa shape index (κ2) is 3.94. The van der Waals surface area contributed by atoms with E-state index in [-0.39, 0.29) is 0 Å². The van der Waals surface area contributed by atoms with Gasteiger partial charge in [0, 0.05) is 0 Å². The second-order valence-electron chi connectivity index (χ2n) is 4.89. The van der Waals surface area contributed by atoms with Crippen LogP contribution in [0.15, 0.2) is 6.33 Å². The van der Waals surface area contributed by atoms with Gasteiger partial charge in [-0.1, -0.05) is 25.0 Å². The zero-order valence-corrected chi connectivity index (χ0v) is 9.87. The summed E-state index contributed by atoms with van der Waals surface area (Å²) >= 11 is 0. The first-order valence-corrected chi connectivity index (χ1v) is 6.07. The van der Waals surface area contributed by atoms with E-state index in [1.807, 2.05) is 4.68 Å². The Morgan fingerprint density at radius 1 is 1.35 bits per heavy atom. The topological polar surface area (TPSA) is 82.5 Å². The normalized spacial score (nSPS) is 25.2. The molecule has 0 radical (unpaired) electrons. The van der Waals surface area contributed by atoms with Crippen LogP contribution in [0.4, 0.5) is 5.82 Å². The van der Waals surface area contributed by atoms with Crippen molar-refractivity contribution in [1.82, 2.24) is 25.0 Å². The molecule has 2 N–H and O–H groups in total. The lowest BCUT2D eigenvalue weighted by Crippen LogP contribution is -2.19. The first-order valence-electron chi connectivity index (χ1n) is 6.07. The number of rotatable bonds is 1. The number of hydrogen-bond donors (Lipinski definition) is 1. The van der Waals surface area contributed by atoms with Crippen molar-refractivity contribution in [3.63, 3.8) is 0 Å². The molecular weight excluding hydrogens is 216 g/mol. The van der Waals surface area contributed by atoms with Gasteiger partial charge in [-0.05, 0) is 18.8 Å². The van der Waals surface area contributed by atoms with E-state index in [1.54, 1.807) is 0 Å². The van der Waals surface area contributed by atoms with Crippen LogP contribution < -0.4 is 5.73 Å². The van der Waals surface area contributed by atoms with Crippen molar-refractivity contribution in [2.45, 2.75) is 38.6 Å². The molecule has 1 fully saturated rings. The van der Waals surface area contributed by atoms with Gasteiger partial charge in [-0.3, -0.25) is 0 Å². The largest absolute Gasteiger partial charge is 0.382 e. The van der Waals surface area contributed by atoms with Crippen LogP contribution in [0, 0.1) is 5.92 Å². The van der Waals surface area contributed by atoms with Gasteiger partial charge in [0.2, 0.25) is 0 Å². The molecule has 2 aromatic rings. The highest BCUT2D eigenvalue weighted by molar-refractivity contribution is 5.80. The van der Waals surface area contributed by atoms with E-state index in [9.17, 15) is 0 Å². The van der Waals surface area contributed by atoms with Crippen LogP contribution in [0.3, 0.4) is 0 Å². The average Bonchev–Trinajstić information content (AvgIpc) is 2.74. The predicted molar refractivity (Wildman–Crippen MR) is 64.2 cm³/mol. The van der Waals surface area contributed by atoms with Gasteiger partial charge < -0.3 is 5.73 Å². The lowest BCUT2D eigenvalue weighted by Gasteiger charge is -2.26. The highest BCUT2D eigenvalue weighted by atomic mass is 15.5. The molecule has 0 saturated heterocycles. The number of nitrogens with two attached hydrogens (primary N) is 1. The Balaban J connectivity index is 2.02. The van der Waals surface area contributed by atoms with Gasteiger partial charge in [0.15, 0.2) is 17.0 Å².